The maximum absolute atomic E-state index is 13.2. The average molecular weight is 488 g/mol. The molecule has 2 aliphatic rings. The Bertz CT molecular complexity index is 1500. The first-order chi connectivity index (χ1) is 17.2. The Morgan fingerprint density at radius 3 is 2.39 bits per heavy atom. The number of hydrogen-bond acceptors (Lipinski definition) is 6. The molecule has 0 atom stereocenters. The zero-order valence-electron chi connectivity index (χ0n) is 20.5. The molecule has 4 aromatic rings. The third-order valence-electron chi connectivity index (χ3n) is 7.67. The number of aryl methyl sites for hydroxylation is 1. The van der Waals surface area contributed by atoms with E-state index >= 15 is 0 Å². The van der Waals surface area contributed by atoms with Crippen molar-refractivity contribution in [2.75, 3.05) is 13.1 Å². The average Bonchev–Trinajstić information content (AvgIpc) is 3.26. The highest BCUT2D eigenvalue weighted by molar-refractivity contribution is 5.85. The zero-order chi connectivity index (χ0) is 25.1. The quantitative estimate of drug-likeness (QED) is 0.462. The van der Waals surface area contributed by atoms with Gasteiger partial charge in [0, 0.05) is 37.3 Å². The van der Waals surface area contributed by atoms with Crippen LogP contribution in [0.15, 0.2) is 54.0 Å². The predicted molar refractivity (Wildman–Crippen MR) is 133 cm³/mol. The number of fused-ring (bicyclic) bond motifs is 1. The Kier molecular flexibility index (Phi) is 5.11. The monoisotopic (exact) mass is 487 g/mol. The minimum Gasteiger partial charge on any atom is -0.388 e. The van der Waals surface area contributed by atoms with Gasteiger partial charge in [0.15, 0.2) is 5.65 Å². The van der Waals surface area contributed by atoms with Crippen LogP contribution in [0.25, 0.3) is 27.8 Å². The van der Waals surface area contributed by atoms with E-state index in [2.05, 4.69) is 15.2 Å². The summed E-state index contributed by atoms with van der Waals surface area (Å²) in [6, 6.07) is 7.83. The second-order valence-electron chi connectivity index (χ2n) is 10.5. The zero-order valence-corrected chi connectivity index (χ0v) is 20.5. The molecule has 3 aromatic heterocycles. The number of hydrogen-bond donors (Lipinski definition) is 1. The van der Waals surface area contributed by atoms with E-state index < -0.39 is 5.60 Å². The Balaban J connectivity index is 1.20. The summed E-state index contributed by atoms with van der Waals surface area (Å²) in [6.07, 6.45) is 9.51. The summed E-state index contributed by atoms with van der Waals surface area (Å²) in [5, 5.41) is 20.2. The first-order valence-corrected chi connectivity index (χ1v) is 12.3. The second kappa shape index (κ2) is 8.12. The maximum Gasteiger partial charge on any atom is 0.264 e. The number of carbonyl (C=O) groups is 1. The number of aliphatic hydroxyl groups is 1. The van der Waals surface area contributed by atoms with Crippen LogP contribution in [-0.2, 0) is 18.4 Å². The van der Waals surface area contributed by atoms with Gasteiger partial charge in [-0.3, -0.25) is 18.8 Å². The van der Waals surface area contributed by atoms with Crippen LogP contribution in [0, 0.1) is 5.41 Å². The first kappa shape index (κ1) is 22.7. The van der Waals surface area contributed by atoms with E-state index in [4.69, 9.17) is 0 Å². The van der Waals surface area contributed by atoms with Crippen molar-refractivity contribution in [2.24, 2.45) is 12.5 Å². The normalized spacial score (nSPS) is 18.5. The smallest absolute Gasteiger partial charge is 0.264 e. The highest BCUT2D eigenvalue weighted by Gasteiger charge is 2.48. The third kappa shape index (κ3) is 3.91. The SMILES string of the molecule is Cn1cc(-c2ccc(-n3ncc4c(=O)n(CC5(O)CCN(C(=O)C6(C)CC6)CC5)cnc43)cc2)cn1. The molecule has 1 amide bonds. The molecule has 1 saturated heterocycles. The van der Waals surface area contributed by atoms with Crippen molar-refractivity contribution in [3.63, 3.8) is 0 Å². The second-order valence-corrected chi connectivity index (χ2v) is 10.5. The fourth-order valence-corrected chi connectivity index (χ4v) is 5.00. The van der Waals surface area contributed by atoms with Crippen LogP contribution in [0.2, 0.25) is 0 Å². The number of amides is 1. The highest BCUT2D eigenvalue weighted by Crippen LogP contribution is 2.47. The van der Waals surface area contributed by atoms with Crippen LogP contribution < -0.4 is 5.56 Å². The van der Waals surface area contributed by atoms with Gasteiger partial charge >= 0.3 is 0 Å². The summed E-state index contributed by atoms with van der Waals surface area (Å²) in [5.74, 6) is 0.186. The molecule has 10 nitrogen and oxygen atoms in total. The number of rotatable bonds is 5. The molecule has 2 fully saturated rings. The minimum absolute atomic E-state index is 0.138. The molecule has 4 heterocycles. The van der Waals surface area contributed by atoms with Crippen molar-refractivity contribution in [3.05, 3.63) is 59.5 Å². The van der Waals surface area contributed by atoms with Gasteiger partial charge in [-0.2, -0.15) is 10.2 Å². The van der Waals surface area contributed by atoms with Gasteiger partial charge in [-0.25, -0.2) is 9.67 Å². The molecule has 1 saturated carbocycles. The summed E-state index contributed by atoms with van der Waals surface area (Å²) in [5.41, 5.74) is 1.81. The topological polar surface area (TPSA) is 111 Å². The third-order valence-corrected chi connectivity index (χ3v) is 7.67. The number of nitrogens with zero attached hydrogens (tertiary/aromatic N) is 7. The molecule has 0 spiro atoms. The highest BCUT2D eigenvalue weighted by atomic mass is 16.3. The van der Waals surface area contributed by atoms with Gasteiger partial charge in [-0.1, -0.05) is 19.1 Å². The molecule has 0 unspecified atom stereocenters. The van der Waals surface area contributed by atoms with Gasteiger partial charge in [-0.15, -0.1) is 0 Å². The van der Waals surface area contributed by atoms with Crippen molar-refractivity contribution in [2.45, 2.75) is 44.8 Å². The van der Waals surface area contributed by atoms with E-state index in [0.29, 0.717) is 37.0 Å². The van der Waals surface area contributed by atoms with Gasteiger partial charge in [-0.05, 0) is 43.4 Å². The van der Waals surface area contributed by atoms with Crippen LogP contribution in [-0.4, -0.2) is 63.7 Å². The molecule has 1 aromatic carbocycles. The Morgan fingerprint density at radius 2 is 1.75 bits per heavy atom. The first-order valence-electron chi connectivity index (χ1n) is 12.3. The molecular formula is C26H29N7O3. The summed E-state index contributed by atoms with van der Waals surface area (Å²) >= 11 is 0. The summed E-state index contributed by atoms with van der Waals surface area (Å²) in [4.78, 5) is 32.2. The van der Waals surface area contributed by atoms with Gasteiger partial charge < -0.3 is 10.0 Å². The largest absolute Gasteiger partial charge is 0.388 e. The van der Waals surface area contributed by atoms with E-state index in [0.717, 1.165) is 29.7 Å². The molecule has 0 radical (unpaired) electrons. The van der Waals surface area contributed by atoms with E-state index in [-0.39, 0.29) is 23.4 Å². The standard InChI is InChI=1S/C26H29N7O3/c1-25(7-8-25)24(35)31-11-9-26(36,10-12-31)16-32-17-27-22-21(23(32)34)14-29-33(22)20-5-3-18(4-6-20)19-13-28-30(2)15-19/h3-6,13-15,17,36H,7-12,16H2,1-2H3. The summed E-state index contributed by atoms with van der Waals surface area (Å²) in [6.45, 7) is 3.15. The van der Waals surface area contributed by atoms with Gasteiger partial charge in [0.2, 0.25) is 5.91 Å². The maximum atomic E-state index is 13.2. The van der Waals surface area contributed by atoms with Crippen molar-refractivity contribution in [3.8, 4) is 16.8 Å². The van der Waals surface area contributed by atoms with Gasteiger partial charge in [0.05, 0.1) is 30.2 Å². The van der Waals surface area contributed by atoms with Gasteiger partial charge in [0.25, 0.3) is 5.56 Å². The number of piperidine rings is 1. The Hall–Kier alpha value is -3.79. The predicted octanol–water partition coefficient (Wildman–Crippen LogP) is 2.14. The van der Waals surface area contributed by atoms with Gasteiger partial charge in [0.1, 0.15) is 11.7 Å². The number of carbonyl (C=O) groups excluding carboxylic acids is 1. The van der Waals surface area contributed by atoms with Crippen LogP contribution >= 0.6 is 0 Å². The van der Waals surface area contributed by atoms with Crippen LogP contribution in [0.5, 0.6) is 0 Å². The molecular weight excluding hydrogens is 458 g/mol. The van der Waals surface area contributed by atoms with Crippen molar-refractivity contribution >= 4 is 16.9 Å². The van der Waals surface area contributed by atoms with Crippen molar-refractivity contribution < 1.29 is 9.90 Å². The molecule has 10 heteroatoms. The minimum atomic E-state index is -1.06. The lowest BCUT2D eigenvalue weighted by molar-refractivity contribution is -0.141. The van der Waals surface area contributed by atoms with E-state index in [1.54, 1.807) is 9.36 Å². The molecule has 1 N–H and O–H groups in total. The Morgan fingerprint density at radius 1 is 1.03 bits per heavy atom. The number of aromatic nitrogens is 6. The van der Waals surface area contributed by atoms with Crippen LogP contribution in [0.3, 0.4) is 0 Å². The molecule has 6 rings (SSSR count). The van der Waals surface area contributed by atoms with E-state index in [1.807, 2.05) is 55.5 Å². The van der Waals surface area contributed by atoms with E-state index in [9.17, 15) is 14.7 Å². The molecule has 1 aliphatic heterocycles. The fourth-order valence-electron chi connectivity index (χ4n) is 5.00. The van der Waals surface area contributed by atoms with Crippen LogP contribution in [0.4, 0.5) is 0 Å². The van der Waals surface area contributed by atoms with E-state index in [1.165, 1.54) is 17.1 Å². The summed E-state index contributed by atoms with van der Waals surface area (Å²) < 4.78 is 4.86. The molecule has 36 heavy (non-hydrogen) atoms. The molecule has 1 aliphatic carbocycles. The number of likely N-dealkylation sites (tertiary alicyclic amines) is 1. The molecule has 0 bridgehead atoms. The lowest BCUT2D eigenvalue weighted by Gasteiger charge is -2.39. The number of benzene rings is 1. The van der Waals surface area contributed by atoms with Crippen molar-refractivity contribution in [1.29, 1.82) is 0 Å². The van der Waals surface area contributed by atoms with Crippen LogP contribution in [0.1, 0.15) is 32.6 Å². The Labute approximate surface area is 207 Å². The fraction of sp³-hybridized carbons (Fsp3) is 0.423. The lowest BCUT2D eigenvalue weighted by atomic mass is 9.90. The molecule has 186 valence electrons. The van der Waals surface area contributed by atoms with Crippen molar-refractivity contribution in [1.82, 2.24) is 34.0 Å². The summed E-state index contributed by atoms with van der Waals surface area (Å²) in [7, 11) is 1.88. The lowest BCUT2D eigenvalue weighted by Crippen LogP contribution is -2.51.